The second kappa shape index (κ2) is 5.73. The summed E-state index contributed by atoms with van der Waals surface area (Å²) in [6.07, 6.45) is 5.68. The van der Waals surface area contributed by atoms with Gasteiger partial charge in [-0.15, -0.1) is 11.3 Å². The van der Waals surface area contributed by atoms with Crippen molar-refractivity contribution in [2.24, 2.45) is 0 Å². The lowest BCUT2D eigenvalue weighted by Crippen LogP contribution is -2.10. The molecule has 0 aliphatic heterocycles. The second-order valence-electron chi connectivity index (χ2n) is 4.98. The molecule has 0 aromatic carbocycles. The van der Waals surface area contributed by atoms with Crippen molar-refractivity contribution in [1.29, 1.82) is 0 Å². The predicted molar refractivity (Wildman–Crippen MR) is 88.2 cm³/mol. The Bertz CT molecular complexity index is 745. The zero-order valence-electron chi connectivity index (χ0n) is 12.4. The van der Waals surface area contributed by atoms with Crippen LogP contribution in [0.3, 0.4) is 0 Å². The van der Waals surface area contributed by atoms with Crippen LogP contribution < -0.4 is 10.6 Å². The monoisotopic (exact) mass is 301 g/mol. The van der Waals surface area contributed by atoms with Crippen LogP contribution in [0.4, 0.5) is 11.6 Å². The summed E-state index contributed by atoms with van der Waals surface area (Å²) in [5, 5.41) is 6.73. The molecule has 0 radical (unpaired) electrons. The van der Waals surface area contributed by atoms with Gasteiger partial charge in [-0.05, 0) is 32.9 Å². The molecule has 3 aromatic heterocycles. The minimum Gasteiger partial charge on any atom is -0.369 e. The van der Waals surface area contributed by atoms with E-state index >= 15 is 0 Å². The molecule has 0 aliphatic carbocycles. The van der Waals surface area contributed by atoms with Crippen molar-refractivity contribution in [3.05, 3.63) is 40.5 Å². The first kappa shape index (κ1) is 13.9. The number of hydrogen-bond acceptors (Lipinski definition) is 5. The first-order valence-corrected chi connectivity index (χ1v) is 7.89. The van der Waals surface area contributed by atoms with Crippen LogP contribution in [-0.2, 0) is 0 Å². The maximum atomic E-state index is 4.63. The minimum absolute atomic E-state index is 0.202. The van der Waals surface area contributed by atoms with E-state index in [1.54, 1.807) is 17.5 Å². The number of nitrogens with one attached hydrogen (secondary N) is 2. The predicted octanol–water partition coefficient (Wildman–Crippen LogP) is 3.70. The second-order valence-corrected chi connectivity index (χ2v) is 6.30. The molecule has 3 aromatic rings. The Kier molecular flexibility index (Phi) is 3.79. The molecule has 1 unspecified atom stereocenters. The van der Waals surface area contributed by atoms with Crippen LogP contribution in [0.1, 0.15) is 29.6 Å². The molecule has 3 heterocycles. The fourth-order valence-electron chi connectivity index (χ4n) is 2.26. The number of aromatic nitrogens is 3. The molecule has 2 N–H and O–H groups in total. The van der Waals surface area contributed by atoms with Crippen LogP contribution in [0.15, 0.2) is 30.7 Å². The molecule has 5 nitrogen and oxygen atoms in total. The Morgan fingerprint density at radius 3 is 2.95 bits per heavy atom. The van der Waals surface area contributed by atoms with Crippen molar-refractivity contribution >= 4 is 28.6 Å². The average molecular weight is 301 g/mol. The van der Waals surface area contributed by atoms with Gasteiger partial charge in [0.05, 0.1) is 12.2 Å². The summed E-state index contributed by atoms with van der Waals surface area (Å²) in [5.74, 6) is 1.65. The summed E-state index contributed by atoms with van der Waals surface area (Å²) in [6, 6.07) is 4.51. The van der Waals surface area contributed by atoms with Crippen LogP contribution >= 0.6 is 11.3 Å². The Balaban J connectivity index is 1.93. The van der Waals surface area contributed by atoms with Crippen LogP contribution in [0, 0.1) is 6.92 Å². The largest absolute Gasteiger partial charge is 0.369 e. The van der Waals surface area contributed by atoms with Gasteiger partial charge in [0, 0.05) is 28.7 Å². The molecule has 0 saturated carbocycles. The van der Waals surface area contributed by atoms with Gasteiger partial charge in [-0.3, -0.25) is 0 Å². The SMILES string of the molecule is CCNc1cn2ccnc2c(NC(C)c2ccc(C)s2)n1. The van der Waals surface area contributed by atoms with Gasteiger partial charge < -0.3 is 15.0 Å². The van der Waals surface area contributed by atoms with E-state index in [9.17, 15) is 0 Å². The lowest BCUT2D eigenvalue weighted by Gasteiger charge is -2.15. The third-order valence-electron chi connectivity index (χ3n) is 3.27. The van der Waals surface area contributed by atoms with Crippen molar-refractivity contribution < 1.29 is 0 Å². The third kappa shape index (κ3) is 2.85. The van der Waals surface area contributed by atoms with Crippen LogP contribution in [0.2, 0.25) is 0 Å². The zero-order valence-corrected chi connectivity index (χ0v) is 13.2. The molecular formula is C15H19N5S. The fourth-order valence-corrected chi connectivity index (χ4v) is 3.14. The quantitative estimate of drug-likeness (QED) is 0.754. The standard InChI is InChI=1S/C15H19N5S/c1-4-16-13-9-20-8-7-17-15(20)14(19-13)18-11(3)12-6-5-10(2)21-12/h5-9,11,16H,4H2,1-3H3,(H,18,19). The number of imidazole rings is 1. The maximum absolute atomic E-state index is 4.63. The highest BCUT2D eigenvalue weighted by molar-refractivity contribution is 7.12. The van der Waals surface area contributed by atoms with Gasteiger partial charge in [0.15, 0.2) is 11.5 Å². The number of hydrogen-bond donors (Lipinski definition) is 2. The Morgan fingerprint density at radius 2 is 2.24 bits per heavy atom. The molecule has 21 heavy (non-hydrogen) atoms. The van der Waals surface area contributed by atoms with Gasteiger partial charge in [-0.1, -0.05) is 0 Å². The highest BCUT2D eigenvalue weighted by atomic mass is 32.1. The van der Waals surface area contributed by atoms with Crippen molar-refractivity contribution in [1.82, 2.24) is 14.4 Å². The first-order chi connectivity index (χ1) is 10.2. The molecule has 0 bridgehead atoms. The van der Waals surface area contributed by atoms with E-state index in [2.05, 4.69) is 53.5 Å². The Labute approximate surface area is 128 Å². The lowest BCUT2D eigenvalue weighted by molar-refractivity contribution is 0.893. The molecule has 1 atom stereocenters. The van der Waals surface area contributed by atoms with Gasteiger partial charge >= 0.3 is 0 Å². The van der Waals surface area contributed by atoms with Crippen molar-refractivity contribution in [2.75, 3.05) is 17.2 Å². The average Bonchev–Trinajstić information content (AvgIpc) is 3.07. The summed E-state index contributed by atoms with van der Waals surface area (Å²) in [7, 11) is 0. The number of fused-ring (bicyclic) bond motifs is 1. The van der Waals surface area contributed by atoms with E-state index in [1.807, 2.05) is 16.8 Å². The molecule has 0 amide bonds. The van der Waals surface area contributed by atoms with Gasteiger partial charge in [-0.25, -0.2) is 9.97 Å². The summed E-state index contributed by atoms with van der Waals surface area (Å²) in [6.45, 7) is 7.17. The number of anilines is 2. The summed E-state index contributed by atoms with van der Waals surface area (Å²) >= 11 is 1.80. The van der Waals surface area contributed by atoms with Crippen molar-refractivity contribution in [3.8, 4) is 0 Å². The van der Waals surface area contributed by atoms with Gasteiger partial charge in [0.2, 0.25) is 0 Å². The van der Waals surface area contributed by atoms with E-state index in [0.29, 0.717) is 0 Å². The molecule has 110 valence electrons. The molecular weight excluding hydrogens is 282 g/mol. The molecule has 0 saturated heterocycles. The Morgan fingerprint density at radius 1 is 1.38 bits per heavy atom. The maximum Gasteiger partial charge on any atom is 0.180 e. The number of nitrogens with zero attached hydrogens (tertiary/aromatic N) is 3. The zero-order chi connectivity index (χ0) is 14.8. The molecule has 0 spiro atoms. The normalized spacial score (nSPS) is 12.5. The number of aryl methyl sites for hydroxylation is 1. The summed E-state index contributed by atoms with van der Waals surface area (Å²) in [5.41, 5.74) is 0.844. The highest BCUT2D eigenvalue weighted by Crippen LogP contribution is 2.27. The van der Waals surface area contributed by atoms with Crippen LogP contribution in [0.5, 0.6) is 0 Å². The fraction of sp³-hybridized carbons (Fsp3) is 0.333. The Hall–Kier alpha value is -2.08. The minimum atomic E-state index is 0.202. The molecule has 0 fully saturated rings. The van der Waals surface area contributed by atoms with Gasteiger partial charge in [0.25, 0.3) is 0 Å². The van der Waals surface area contributed by atoms with E-state index in [-0.39, 0.29) is 6.04 Å². The van der Waals surface area contributed by atoms with Crippen LogP contribution in [-0.4, -0.2) is 20.9 Å². The van der Waals surface area contributed by atoms with Gasteiger partial charge in [0.1, 0.15) is 5.82 Å². The summed E-state index contributed by atoms with van der Waals surface area (Å²) in [4.78, 5) is 11.6. The number of thiophene rings is 1. The van der Waals surface area contributed by atoms with E-state index in [4.69, 9.17) is 0 Å². The van der Waals surface area contributed by atoms with E-state index < -0.39 is 0 Å². The summed E-state index contributed by atoms with van der Waals surface area (Å²) < 4.78 is 1.99. The van der Waals surface area contributed by atoms with E-state index in [1.165, 1.54) is 9.75 Å². The molecule has 3 rings (SSSR count). The highest BCUT2D eigenvalue weighted by Gasteiger charge is 2.12. The van der Waals surface area contributed by atoms with E-state index in [0.717, 1.165) is 23.8 Å². The number of rotatable bonds is 5. The molecule has 6 heteroatoms. The van der Waals surface area contributed by atoms with Gasteiger partial charge in [-0.2, -0.15) is 0 Å². The van der Waals surface area contributed by atoms with Crippen LogP contribution in [0.25, 0.3) is 5.65 Å². The molecule has 0 aliphatic rings. The lowest BCUT2D eigenvalue weighted by atomic mass is 10.2. The smallest absolute Gasteiger partial charge is 0.180 e. The van der Waals surface area contributed by atoms with Crippen molar-refractivity contribution in [2.45, 2.75) is 26.8 Å². The van der Waals surface area contributed by atoms with Crippen molar-refractivity contribution in [3.63, 3.8) is 0 Å². The first-order valence-electron chi connectivity index (χ1n) is 7.08. The third-order valence-corrected chi connectivity index (χ3v) is 4.46. The topological polar surface area (TPSA) is 54.2 Å².